The van der Waals surface area contributed by atoms with E-state index in [0.717, 1.165) is 0 Å². The summed E-state index contributed by atoms with van der Waals surface area (Å²) in [6.07, 6.45) is -0.658. The van der Waals surface area contributed by atoms with Crippen LogP contribution in [0.2, 0.25) is 0 Å². The summed E-state index contributed by atoms with van der Waals surface area (Å²) in [6.45, 7) is 2.30. The number of carbonyl (C=O) groups is 1. The number of morpholine rings is 1. The van der Waals surface area contributed by atoms with Crippen molar-refractivity contribution in [3.63, 3.8) is 0 Å². The van der Waals surface area contributed by atoms with Gasteiger partial charge in [-0.15, -0.1) is 4.91 Å². The number of hydrogen-bond donors (Lipinski definition) is 0. The van der Waals surface area contributed by atoms with Crippen LogP contribution in [-0.2, 0) is 14.3 Å². The standard InChI is InChI=1S/C6H10N2O4/c1-5(9)12-6-4-8(7-10)2-3-11-6/h6H,2-4H2,1H3. The number of nitrogens with zero attached hydrogens (tertiary/aromatic N) is 2. The molecule has 0 aromatic heterocycles. The zero-order chi connectivity index (χ0) is 8.97. The van der Waals surface area contributed by atoms with Crippen molar-refractivity contribution in [2.24, 2.45) is 5.29 Å². The fourth-order valence-electron chi connectivity index (χ4n) is 0.936. The van der Waals surface area contributed by atoms with Gasteiger partial charge in [0.15, 0.2) is 0 Å². The van der Waals surface area contributed by atoms with Gasteiger partial charge in [0.05, 0.1) is 18.4 Å². The van der Waals surface area contributed by atoms with E-state index >= 15 is 0 Å². The number of hydrogen-bond acceptors (Lipinski definition) is 5. The molecule has 0 spiro atoms. The van der Waals surface area contributed by atoms with Crippen LogP contribution in [0.1, 0.15) is 6.92 Å². The van der Waals surface area contributed by atoms with E-state index in [9.17, 15) is 9.70 Å². The Morgan fingerprint density at radius 1 is 1.75 bits per heavy atom. The Hall–Kier alpha value is -1.17. The third-order valence-corrected chi connectivity index (χ3v) is 1.43. The van der Waals surface area contributed by atoms with E-state index < -0.39 is 12.3 Å². The second-order valence-corrected chi connectivity index (χ2v) is 2.40. The van der Waals surface area contributed by atoms with Crippen LogP contribution >= 0.6 is 0 Å². The van der Waals surface area contributed by atoms with E-state index in [1.165, 1.54) is 11.9 Å². The minimum atomic E-state index is -0.658. The first-order valence-electron chi connectivity index (χ1n) is 3.59. The summed E-state index contributed by atoms with van der Waals surface area (Å²) in [5.41, 5.74) is 0. The van der Waals surface area contributed by atoms with Crippen molar-refractivity contribution in [2.75, 3.05) is 19.7 Å². The van der Waals surface area contributed by atoms with Crippen molar-refractivity contribution in [3.05, 3.63) is 4.91 Å². The van der Waals surface area contributed by atoms with E-state index in [4.69, 9.17) is 9.47 Å². The van der Waals surface area contributed by atoms with Crippen molar-refractivity contribution >= 4 is 5.97 Å². The highest BCUT2D eigenvalue weighted by atomic mass is 16.7. The molecule has 0 radical (unpaired) electrons. The molecule has 1 saturated heterocycles. The maximum Gasteiger partial charge on any atom is 0.305 e. The Labute approximate surface area is 69.4 Å². The first kappa shape index (κ1) is 8.92. The van der Waals surface area contributed by atoms with Gasteiger partial charge >= 0.3 is 5.97 Å². The molecular formula is C6H10N2O4. The highest BCUT2D eigenvalue weighted by molar-refractivity contribution is 5.66. The molecule has 1 heterocycles. The van der Waals surface area contributed by atoms with Gasteiger partial charge in [0.1, 0.15) is 6.54 Å². The van der Waals surface area contributed by atoms with Gasteiger partial charge in [-0.2, -0.15) is 0 Å². The Balaban J connectivity index is 2.35. The number of esters is 1. The summed E-state index contributed by atoms with van der Waals surface area (Å²) >= 11 is 0. The molecule has 0 saturated carbocycles. The third-order valence-electron chi connectivity index (χ3n) is 1.43. The van der Waals surface area contributed by atoms with Gasteiger partial charge in [-0.1, -0.05) is 0 Å². The Morgan fingerprint density at radius 2 is 2.50 bits per heavy atom. The van der Waals surface area contributed by atoms with E-state index in [1.54, 1.807) is 0 Å². The second kappa shape index (κ2) is 4.01. The van der Waals surface area contributed by atoms with Gasteiger partial charge in [0, 0.05) is 6.92 Å². The molecule has 1 fully saturated rings. The molecule has 0 aromatic rings. The molecular weight excluding hydrogens is 164 g/mol. The lowest BCUT2D eigenvalue weighted by Gasteiger charge is -2.27. The lowest BCUT2D eigenvalue weighted by molar-refractivity contribution is -0.192. The van der Waals surface area contributed by atoms with Crippen molar-refractivity contribution in [1.82, 2.24) is 5.01 Å². The average Bonchev–Trinajstić information content (AvgIpc) is 2.03. The molecule has 0 bridgehead atoms. The minimum absolute atomic E-state index is 0.211. The van der Waals surface area contributed by atoms with Gasteiger partial charge < -0.3 is 9.47 Å². The summed E-state index contributed by atoms with van der Waals surface area (Å²) in [6, 6.07) is 0. The van der Waals surface area contributed by atoms with Crippen LogP contribution in [0.15, 0.2) is 5.29 Å². The zero-order valence-electron chi connectivity index (χ0n) is 6.73. The maximum absolute atomic E-state index is 10.5. The molecule has 0 N–H and O–H groups in total. The fraction of sp³-hybridized carbons (Fsp3) is 0.833. The molecule has 1 aliphatic heterocycles. The smallest absolute Gasteiger partial charge is 0.305 e. The zero-order valence-corrected chi connectivity index (χ0v) is 6.73. The molecule has 1 unspecified atom stereocenters. The normalized spacial score (nSPS) is 23.4. The predicted molar refractivity (Wildman–Crippen MR) is 38.9 cm³/mol. The average molecular weight is 174 g/mol. The fourth-order valence-corrected chi connectivity index (χ4v) is 0.936. The highest BCUT2D eigenvalue weighted by Gasteiger charge is 2.22. The molecule has 1 aliphatic rings. The topological polar surface area (TPSA) is 68.2 Å². The van der Waals surface area contributed by atoms with E-state index in [1.807, 2.05) is 0 Å². The summed E-state index contributed by atoms with van der Waals surface area (Å²) in [4.78, 5) is 20.5. The van der Waals surface area contributed by atoms with Crippen LogP contribution in [0.3, 0.4) is 0 Å². The summed E-state index contributed by atoms with van der Waals surface area (Å²) in [7, 11) is 0. The molecule has 0 aromatic carbocycles. The van der Waals surface area contributed by atoms with Crippen molar-refractivity contribution in [2.45, 2.75) is 13.2 Å². The Bertz CT molecular complexity index is 184. The summed E-state index contributed by atoms with van der Waals surface area (Å²) in [5.74, 6) is -0.423. The maximum atomic E-state index is 10.5. The van der Waals surface area contributed by atoms with Crippen molar-refractivity contribution < 1.29 is 14.3 Å². The SMILES string of the molecule is CC(=O)OC1CN(N=O)CCO1. The van der Waals surface area contributed by atoms with E-state index in [-0.39, 0.29) is 6.54 Å². The van der Waals surface area contributed by atoms with Crippen LogP contribution in [0.25, 0.3) is 0 Å². The third kappa shape index (κ3) is 2.46. The molecule has 1 atom stereocenters. The lowest BCUT2D eigenvalue weighted by Crippen LogP contribution is -2.41. The minimum Gasteiger partial charge on any atom is -0.434 e. The molecule has 68 valence electrons. The van der Waals surface area contributed by atoms with E-state index in [2.05, 4.69) is 5.29 Å². The van der Waals surface area contributed by atoms with Crippen molar-refractivity contribution in [1.29, 1.82) is 0 Å². The molecule has 1 rings (SSSR count). The predicted octanol–water partition coefficient (Wildman–Crippen LogP) is -0.111. The molecule has 12 heavy (non-hydrogen) atoms. The molecule has 0 amide bonds. The first-order chi connectivity index (χ1) is 5.72. The van der Waals surface area contributed by atoms with Crippen LogP contribution < -0.4 is 0 Å². The second-order valence-electron chi connectivity index (χ2n) is 2.40. The van der Waals surface area contributed by atoms with Gasteiger partial charge in [-0.05, 0) is 0 Å². The molecule has 6 heteroatoms. The van der Waals surface area contributed by atoms with Crippen molar-refractivity contribution in [3.8, 4) is 0 Å². The Morgan fingerprint density at radius 3 is 3.08 bits per heavy atom. The van der Waals surface area contributed by atoms with Crippen LogP contribution in [-0.4, -0.2) is 37.0 Å². The van der Waals surface area contributed by atoms with Crippen LogP contribution in [0, 0.1) is 4.91 Å². The van der Waals surface area contributed by atoms with Crippen LogP contribution in [0.4, 0.5) is 0 Å². The van der Waals surface area contributed by atoms with Gasteiger partial charge in [0.25, 0.3) is 0 Å². The number of rotatable bonds is 2. The van der Waals surface area contributed by atoms with Crippen LogP contribution in [0.5, 0.6) is 0 Å². The summed E-state index contributed by atoms with van der Waals surface area (Å²) in [5, 5.41) is 3.98. The largest absolute Gasteiger partial charge is 0.434 e. The van der Waals surface area contributed by atoms with Gasteiger partial charge in [-0.25, -0.2) is 0 Å². The molecule has 6 nitrogen and oxygen atoms in total. The number of nitroso groups, excluding NO2 is 1. The van der Waals surface area contributed by atoms with Gasteiger partial charge in [-0.3, -0.25) is 9.80 Å². The van der Waals surface area contributed by atoms with E-state index in [0.29, 0.717) is 13.2 Å². The highest BCUT2D eigenvalue weighted by Crippen LogP contribution is 2.06. The van der Waals surface area contributed by atoms with Gasteiger partial charge in [0.2, 0.25) is 6.29 Å². The summed E-state index contributed by atoms with van der Waals surface area (Å²) < 4.78 is 9.76. The number of ether oxygens (including phenoxy) is 2. The molecule has 0 aliphatic carbocycles. The number of carbonyl (C=O) groups excluding carboxylic acids is 1. The quantitative estimate of drug-likeness (QED) is 0.431. The monoisotopic (exact) mass is 174 g/mol. The Kier molecular flexibility index (Phi) is 2.98. The first-order valence-corrected chi connectivity index (χ1v) is 3.59. The lowest BCUT2D eigenvalue weighted by atomic mass is 10.5.